The van der Waals surface area contributed by atoms with Crippen molar-refractivity contribution in [2.45, 2.75) is 41.5 Å². The van der Waals surface area contributed by atoms with Crippen molar-refractivity contribution in [3.8, 4) is 58.1 Å². The third-order valence-electron chi connectivity index (χ3n) is 16.0. The van der Waals surface area contributed by atoms with Gasteiger partial charge in [-0.05, 0) is 221 Å². The van der Waals surface area contributed by atoms with Gasteiger partial charge < -0.3 is 28.8 Å². The van der Waals surface area contributed by atoms with Crippen LogP contribution in [0.1, 0.15) is 86.5 Å². The van der Waals surface area contributed by atoms with Crippen molar-refractivity contribution in [3.63, 3.8) is 0 Å². The van der Waals surface area contributed by atoms with Crippen LogP contribution in [-0.4, -0.2) is 90.1 Å². The van der Waals surface area contributed by atoms with Gasteiger partial charge in [0.25, 0.3) is 27.8 Å². The van der Waals surface area contributed by atoms with Gasteiger partial charge >= 0.3 is 0 Å². The first-order valence-electron chi connectivity index (χ1n) is 33.5. The summed E-state index contributed by atoms with van der Waals surface area (Å²) in [5.41, 5.74) is 3.13. The zero-order valence-electron chi connectivity index (χ0n) is 60.2. The quantitative estimate of drug-likeness (QED) is 0.0932. The van der Waals surface area contributed by atoms with Crippen molar-refractivity contribution in [2.24, 2.45) is 0 Å². The average molecular weight is 1620 g/mol. The number of rotatable bonds is 15. The highest BCUT2D eigenvalue weighted by molar-refractivity contribution is 6.32. The van der Waals surface area contributed by atoms with Crippen molar-refractivity contribution in [1.82, 2.24) is 46.9 Å². The van der Waals surface area contributed by atoms with E-state index in [2.05, 4.69) is 24.9 Å². The fourth-order valence-corrected chi connectivity index (χ4v) is 10.9. The number of halogens is 5. The minimum Gasteiger partial charge on any atom is -0.438 e. The van der Waals surface area contributed by atoms with Gasteiger partial charge in [0.1, 0.15) is 84.8 Å². The lowest BCUT2D eigenvalue weighted by Crippen LogP contribution is -2.20. The topological polar surface area (TPSA) is 324 Å². The summed E-state index contributed by atoms with van der Waals surface area (Å²) < 4.78 is 34.5. The molecule has 26 nitrogen and oxygen atoms in total. The third kappa shape index (κ3) is 19.6. The molecule has 113 heavy (non-hydrogen) atoms. The summed E-state index contributed by atoms with van der Waals surface area (Å²) >= 11 is 29.8. The van der Waals surface area contributed by atoms with E-state index in [1.807, 2.05) is 34.6 Å². The molecule has 0 saturated carbocycles. The number of pyridine rings is 5. The van der Waals surface area contributed by atoms with Gasteiger partial charge in [-0.25, -0.2) is 0 Å². The summed E-state index contributed by atoms with van der Waals surface area (Å²) in [5.74, 6) is 2.18. The van der Waals surface area contributed by atoms with Gasteiger partial charge in [0.05, 0.1) is 0 Å². The second-order valence-corrected chi connectivity index (χ2v) is 25.8. The number of hydrogen-bond donors (Lipinski definition) is 1. The Morgan fingerprint density at radius 3 is 0.593 bits per heavy atom. The summed E-state index contributed by atoms with van der Waals surface area (Å²) in [4.78, 5) is 139. The number of aldehydes is 5. The van der Waals surface area contributed by atoms with E-state index in [0.717, 1.165) is 27.8 Å². The Morgan fingerprint density at radius 1 is 0.292 bits per heavy atom. The van der Waals surface area contributed by atoms with E-state index >= 15 is 0 Å². The van der Waals surface area contributed by atoms with E-state index in [1.54, 1.807) is 220 Å². The van der Waals surface area contributed by atoms with Crippen molar-refractivity contribution >= 4 is 118 Å². The van der Waals surface area contributed by atoms with E-state index in [0.29, 0.717) is 114 Å². The van der Waals surface area contributed by atoms with Crippen LogP contribution in [-0.2, 0) is 0 Å². The van der Waals surface area contributed by atoms with E-state index in [-0.39, 0.29) is 63.8 Å². The Morgan fingerprint density at radius 2 is 0.451 bits per heavy atom. The predicted octanol–water partition coefficient (Wildman–Crippen LogP) is 16.3. The number of hydrogen-bond acceptors (Lipinski definition) is 21. The Labute approximate surface area is 665 Å². The summed E-state index contributed by atoms with van der Waals surface area (Å²) in [6, 6.07) is 50.7. The Balaban J connectivity index is 0.000000148. The zero-order valence-corrected chi connectivity index (χ0v) is 64.0. The number of carbonyl (C=O) groups excluding carboxylic acids is 5. The molecule has 0 atom stereocenters. The Bertz CT molecular complexity index is 5590. The van der Waals surface area contributed by atoms with Gasteiger partial charge in [-0.2, -0.15) is 24.9 Å². The maximum Gasteiger partial charge on any atom is 0.272 e. The summed E-state index contributed by atoms with van der Waals surface area (Å²) in [6.45, 7) is 11.1. The number of nitrogens with zero attached hydrogens (tertiary/aromatic N) is 10. The molecule has 0 fully saturated rings. The highest BCUT2D eigenvalue weighted by Gasteiger charge is 2.21. The van der Waals surface area contributed by atoms with Crippen LogP contribution in [0.4, 0.5) is 0 Å². The van der Waals surface area contributed by atoms with Gasteiger partial charge in [0, 0.05) is 62.7 Å². The molecule has 0 aliphatic rings. The number of aromatic nitrogens is 10. The van der Waals surface area contributed by atoms with Crippen LogP contribution < -0.4 is 51.5 Å². The first-order valence-corrected chi connectivity index (χ1v) is 35.4. The number of aryl methyl sites for hydroxylation is 5. The van der Waals surface area contributed by atoms with Crippen molar-refractivity contribution < 1.29 is 52.8 Å². The molecule has 0 unspecified atom stereocenters. The lowest BCUT2D eigenvalue weighted by atomic mass is 10.2. The molecule has 15 aromatic rings. The van der Waals surface area contributed by atoms with Crippen LogP contribution in [0.2, 0.25) is 25.1 Å². The van der Waals surface area contributed by atoms with Crippen molar-refractivity contribution in [2.75, 3.05) is 6.61 Å². The van der Waals surface area contributed by atoms with Gasteiger partial charge in [0.15, 0.2) is 31.4 Å². The molecule has 0 amide bonds. The smallest absolute Gasteiger partial charge is 0.272 e. The number of aliphatic hydroxyl groups is 1. The highest BCUT2D eigenvalue weighted by Crippen LogP contribution is 2.32. The second-order valence-electron chi connectivity index (χ2n) is 23.8. The molecule has 0 radical (unpaired) electrons. The fraction of sp³-hybridized carbons (Fsp3) is 0.0854. The molecule has 10 heterocycles. The SMILES string of the molecule is CCO.Cc1cc(Oc2nc3ccccn3c(=O)c2C=O)ccc1Cl.Cc1cc(Oc2nc3ccccn3c(=O)c2C=O)ccc1Cl.Cc1cc(Oc2nc3ccccn3c(=O)c2C=O)ccc1Cl.Cc1cc(Oc2nc3ccccn3c(=O)c2C=O)ccc1Cl.Cc1cc(Oc2nc3ccccn3c(=O)c2C=O)ccc1Cl. The molecule has 0 aliphatic carbocycles. The maximum absolute atomic E-state index is 12.3. The van der Waals surface area contributed by atoms with Crippen LogP contribution in [0.15, 0.2) is 237 Å². The normalized spacial score (nSPS) is 10.5. The second kappa shape index (κ2) is 37.9. The minimum absolute atomic E-state index is 0.0204. The lowest BCUT2D eigenvalue weighted by Gasteiger charge is -2.09. The molecule has 10 aromatic heterocycles. The first-order chi connectivity index (χ1) is 54.4. The highest BCUT2D eigenvalue weighted by atomic mass is 35.5. The predicted molar refractivity (Wildman–Crippen MR) is 428 cm³/mol. The summed E-state index contributed by atoms with van der Waals surface area (Å²) in [6.07, 6.45) is 10.0. The number of carbonyl (C=O) groups is 5. The van der Waals surface area contributed by atoms with Crippen LogP contribution in [0.3, 0.4) is 0 Å². The third-order valence-corrected chi connectivity index (χ3v) is 18.1. The number of aliphatic hydroxyl groups excluding tert-OH is 1. The lowest BCUT2D eigenvalue weighted by molar-refractivity contribution is 0.111. The Hall–Kier alpha value is -13.3. The van der Waals surface area contributed by atoms with Crippen LogP contribution in [0.25, 0.3) is 28.2 Å². The van der Waals surface area contributed by atoms with Crippen molar-refractivity contribution in [3.05, 3.63) is 345 Å². The molecule has 5 aromatic carbocycles. The number of fused-ring (bicyclic) bond motifs is 5. The molecule has 0 spiro atoms. The standard InChI is InChI=1S/5C16H11ClN2O3.C2H6O/c5*1-10-8-11(5-6-13(10)17)22-15-12(9-20)16(21)19-7-3-2-4-14(19)18-15;1-2-3/h5*2-9H,1H3;3H,2H2,1H3. The van der Waals surface area contributed by atoms with Crippen molar-refractivity contribution in [1.29, 1.82) is 0 Å². The van der Waals surface area contributed by atoms with E-state index < -0.39 is 27.8 Å². The average Bonchev–Trinajstić information content (AvgIpc) is 0.810. The van der Waals surface area contributed by atoms with E-state index in [9.17, 15) is 47.9 Å². The first kappa shape index (κ1) is 82.2. The molecule has 570 valence electrons. The molecular formula is C82H61Cl5N10O16. The largest absolute Gasteiger partial charge is 0.438 e. The molecule has 15 rings (SSSR count). The number of benzene rings is 5. The molecule has 0 bridgehead atoms. The Kier molecular flexibility index (Phi) is 27.5. The van der Waals surface area contributed by atoms with Gasteiger partial charge in [-0.3, -0.25) is 69.9 Å². The maximum atomic E-state index is 12.3. The van der Waals surface area contributed by atoms with E-state index in [1.165, 1.54) is 22.0 Å². The zero-order chi connectivity index (χ0) is 81.2. The summed E-state index contributed by atoms with van der Waals surface area (Å²) in [7, 11) is 0. The van der Waals surface area contributed by atoms with Crippen LogP contribution >= 0.6 is 58.0 Å². The van der Waals surface area contributed by atoms with Gasteiger partial charge in [-0.1, -0.05) is 88.3 Å². The van der Waals surface area contributed by atoms with Gasteiger partial charge in [0.2, 0.25) is 29.4 Å². The molecule has 31 heteroatoms. The minimum atomic E-state index is -0.471. The molecule has 1 N–H and O–H groups in total. The van der Waals surface area contributed by atoms with Gasteiger partial charge in [-0.15, -0.1) is 0 Å². The number of ether oxygens (including phenoxy) is 5. The monoisotopic (exact) mass is 1620 g/mol. The van der Waals surface area contributed by atoms with Crippen LogP contribution in [0, 0.1) is 34.6 Å². The fourth-order valence-electron chi connectivity index (χ4n) is 10.3. The van der Waals surface area contributed by atoms with Crippen LogP contribution in [0.5, 0.6) is 58.1 Å². The molecule has 0 saturated heterocycles. The molecular weight excluding hydrogens is 1560 g/mol. The molecule has 0 aliphatic heterocycles. The van der Waals surface area contributed by atoms with E-state index in [4.69, 9.17) is 86.8 Å². The summed E-state index contributed by atoms with van der Waals surface area (Å²) in [5, 5.41) is 10.6.